The molecule has 4 nitrogen and oxygen atoms in total. The van der Waals surface area contributed by atoms with E-state index < -0.39 is 0 Å². The maximum absolute atomic E-state index is 10.5. The second-order valence-electron chi connectivity index (χ2n) is 1.83. The maximum Gasteiger partial charge on any atom is 0.193 e. The minimum atomic E-state index is -0.0292. The summed E-state index contributed by atoms with van der Waals surface area (Å²) in [7, 11) is 0. The number of hydrogen-bond acceptors (Lipinski definition) is 3. The van der Waals surface area contributed by atoms with E-state index >= 15 is 0 Å². The number of hydrogen-bond donors (Lipinski definition) is 2. The molecule has 0 bridgehead atoms. The summed E-state index contributed by atoms with van der Waals surface area (Å²) in [4.78, 5) is 3.81. The Balaban J connectivity index is 2.44. The van der Waals surface area contributed by atoms with E-state index in [1.54, 1.807) is 0 Å². The van der Waals surface area contributed by atoms with E-state index in [4.69, 9.17) is 5.73 Å². The zero-order chi connectivity index (χ0) is 6.69. The molecule has 0 aliphatic carbocycles. The molecule has 0 saturated heterocycles. The summed E-state index contributed by atoms with van der Waals surface area (Å²) in [6.07, 6.45) is 3.51. The molecule has 50 valence electrons. The summed E-state index contributed by atoms with van der Waals surface area (Å²) >= 11 is 0. The normalized spacial score (nSPS) is 24.7. The highest BCUT2D eigenvalue weighted by atomic mass is 16.5. The Morgan fingerprint density at radius 1 is 1.78 bits per heavy atom. The van der Waals surface area contributed by atoms with Crippen LogP contribution in [0.15, 0.2) is 16.9 Å². The van der Waals surface area contributed by atoms with Gasteiger partial charge < -0.3 is 16.0 Å². The van der Waals surface area contributed by atoms with Crippen LogP contribution in [0.5, 0.6) is 0 Å². The van der Waals surface area contributed by atoms with Crippen molar-refractivity contribution < 1.29 is 5.06 Å². The Morgan fingerprint density at radius 2 is 2.56 bits per heavy atom. The lowest BCUT2D eigenvalue weighted by Gasteiger charge is -2.03. The first-order valence-electron chi connectivity index (χ1n) is 2.81. The van der Waals surface area contributed by atoms with Crippen molar-refractivity contribution in [1.29, 1.82) is 0 Å². The Labute approximate surface area is 53.2 Å². The minimum Gasteiger partial charge on any atom is -0.623 e. The molecule has 0 spiro atoms. The van der Waals surface area contributed by atoms with Crippen LogP contribution in [0.3, 0.4) is 0 Å². The van der Waals surface area contributed by atoms with Crippen molar-refractivity contribution in [3.63, 3.8) is 0 Å². The summed E-state index contributed by atoms with van der Waals surface area (Å²) < 4.78 is 0. The number of hydroxylamine groups is 2. The van der Waals surface area contributed by atoms with Gasteiger partial charge in [0.15, 0.2) is 6.34 Å². The van der Waals surface area contributed by atoms with Crippen LogP contribution in [0, 0.1) is 5.21 Å². The van der Waals surface area contributed by atoms with Crippen molar-refractivity contribution >= 4 is 6.34 Å². The molecule has 0 fully saturated rings. The molecule has 1 rings (SSSR count). The van der Waals surface area contributed by atoms with E-state index in [1.807, 2.05) is 0 Å². The van der Waals surface area contributed by atoms with Crippen molar-refractivity contribution in [1.82, 2.24) is 0 Å². The first-order valence-corrected chi connectivity index (χ1v) is 2.81. The average Bonchev–Trinajstić information content (AvgIpc) is 2.17. The maximum atomic E-state index is 10.5. The lowest BCUT2D eigenvalue weighted by atomic mass is 10.3. The molecule has 1 aliphatic heterocycles. The van der Waals surface area contributed by atoms with Gasteiger partial charge in [-0.3, -0.25) is 0 Å². The zero-order valence-electron chi connectivity index (χ0n) is 5.00. The number of aliphatic imine (C=N–C) groups is 1. The second kappa shape index (κ2) is 2.72. The quantitative estimate of drug-likeness (QED) is 0.448. The SMILES string of the molecule is NCCC1=C[NH+]([O-])C=N1. The van der Waals surface area contributed by atoms with Crippen molar-refractivity contribution in [3.8, 4) is 0 Å². The standard InChI is InChI=1S/C5H9N3O/c6-2-1-5-3-8(9)4-7-5/h3-4,8H,1-2,6H2. The van der Waals surface area contributed by atoms with Crippen LogP contribution in [0.25, 0.3) is 0 Å². The molecular formula is C5H9N3O. The van der Waals surface area contributed by atoms with Gasteiger partial charge in [-0.2, -0.15) is 0 Å². The first kappa shape index (κ1) is 6.41. The van der Waals surface area contributed by atoms with Crippen LogP contribution in [0.1, 0.15) is 6.42 Å². The van der Waals surface area contributed by atoms with Gasteiger partial charge in [0.05, 0.1) is 0 Å². The Bertz CT molecular complexity index is 152. The molecule has 0 aromatic rings. The van der Waals surface area contributed by atoms with Gasteiger partial charge in [-0.25, -0.2) is 4.99 Å². The van der Waals surface area contributed by atoms with Crippen LogP contribution in [-0.4, -0.2) is 12.9 Å². The highest BCUT2D eigenvalue weighted by molar-refractivity contribution is 5.49. The number of nitrogens with two attached hydrogens (primary N) is 1. The molecule has 1 atom stereocenters. The molecule has 1 aliphatic rings. The molecule has 9 heavy (non-hydrogen) atoms. The number of quaternary nitrogens is 1. The van der Waals surface area contributed by atoms with Crippen molar-refractivity contribution in [2.24, 2.45) is 10.7 Å². The topological polar surface area (TPSA) is 65.9 Å². The van der Waals surface area contributed by atoms with E-state index in [0.717, 1.165) is 5.70 Å². The lowest BCUT2D eigenvalue weighted by molar-refractivity contribution is -0.672. The second-order valence-corrected chi connectivity index (χ2v) is 1.83. The zero-order valence-corrected chi connectivity index (χ0v) is 5.00. The number of nitrogens with one attached hydrogen (secondary N) is 1. The summed E-state index contributed by atoms with van der Waals surface area (Å²) in [5.41, 5.74) is 6.02. The molecule has 0 amide bonds. The molecule has 0 aromatic carbocycles. The third kappa shape index (κ3) is 1.60. The fraction of sp³-hybridized carbons (Fsp3) is 0.400. The summed E-state index contributed by atoms with van der Waals surface area (Å²) in [6.45, 7) is 0.552. The monoisotopic (exact) mass is 127 g/mol. The third-order valence-electron chi connectivity index (χ3n) is 1.07. The largest absolute Gasteiger partial charge is 0.623 e. The summed E-state index contributed by atoms with van der Waals surface area (Å²) in [5, 5.41) is 10.4. The van der Waals surface area contributed by atoms with Gasteiger partial charge in [-0.1, -0.05) is 0 Å². The van der Waals surface area contributed by atoms with E-state index in [2.05, 4.69) is 4.99 Å². The number of rotatable bonds is 2. The van der Waals surface area contributed by atoms with E-state index in [9.17, 15) is 5.21 Å². The van der Waals surface area contributed by atoms with Crippen molar-refractivity contribution in [3.05, 3.63) is 17.1 Å². The van der Waals surface area contributed by atoms with Gasteiger partial charge in [-0.15, -0.1) is 0 Å². The van der Waals surface area contributed by atoms with Gasteiger partial charge >= 0.3 is 0 Å². The third-order valence-corrected chi connectivity index (χ3v) is 1.07. The van der Waals surface area contributed by atoms with E-state index in [1.165, 1.54) is 12.5 Å². The Kier molecular flexibility index (Phi) is 1.94. The predicted octanol–water partition coefficient (Wildman–Crippen LogP) is -1.40. The lowest BCUT2D eigenvalue weighted by Crippen LogP contribution is -3.00. The van der Waals surface area contributed by atoms with Gasteiger partial charge in [0, 0.05) is 6.42 Å². The van der Waals surface area contributed by atoms with Crippen LogP contribution in [0.2, 0.25) is 0 Å². The van der Waals surface area contributed by atoms with Gasteiger partial charge in [0.1, 0.15) is 11.9 Å². The van der Waals surface area contributed by atoms with Crippen LogP contribution in [0.4, 0.5) is 0 Å². The summed E-state index contributed by atoms with van der Waals surface area (Å²) in [5.74, 6) is 0. The molecule has 1 unspecified atom stereocenters. The van der Waals surface area contributed by atoms with Crippen molar-refractivity contribution in [2.75, 3.05) is 6.54 Å². The highest BCUT2D eigenvalue weighted by Crippen LogP contribution is 1.98. The van der Waals surface area contributed by atoms with Crippen LogP contribution >= 0.6 is 0 Å². The Hall–Kier alpha value is -0.710. The molecule has 4 heteroatoms. The molecule has 0 aromatic heterocycles. The highest BCUT2D eigenvalue weighted by Gasteiger charge is 2.02. The molecule has 3 N–H and O–H groups in total. The van der Waals surface area contributed by atoms with E-state index in [-0.39, 0.29) is 5.06 Å². The molecular weight excluding hydrogens is 118 g/mol. The fourth-order valence-electron chi connectivity index (χ4n) is 0.670. The van der Waals surface area contributed by atoms with Gasteiger partial charge in [-0.05, 0) is 6.54 Å². The minimum absolute atomic E-state index is 0.0292. The smallest absolute Gasteiger partial charge is 0.193 e. The van der Waals surface area contributed by atoms with Crippen LogP contribution in [-0.2, 0) is 0 Å². The van der Waals surface area contributed by atoms with Gasteiger partial charge in [0.25, 0.3) is 0 Å². The number of nitrogens with zero attached hydrogens (tertiary/aromatic N) is 1. The fourth-order valence-corrected chi connectivity index (χ4v) is 0.670. The van der Waals surface area contributed by atoms with Crippen LogP contribution < -0.4 is 10.8 Å². The molecule has 0 saturated carbocycles. The molecule has 0 radical (unpaired) electrons. The van der Waals surface area contributed by atoms with Crippen molar-refractivity contribution in [2.45, 2.75) is 6.42 Å². The average molecular weight is 127 g/mol. The summed E-state index contributed by atoms with van der Waals surface area (Å²) in [6, 6.07) is 0. The Morgan fingerprint density at radius 3 is 3.00 bits per heavy atom. The predicted molar refractivity (Wildman–Crippen MR) is 34.6 cm³/mol. The van der Waals surface area contributed by atoms with E-state index in [0.29, 0.717) is 13.0 Å². The van der Waals surface area contributed by atoms with Gasteiger partial charge in [0.2, 0.25) is 0 Å². The molecule has 1 heterocycles. The first-order chi connectivity index (χ1) is 4.33.